The quantitative estimate of drug-likeness (QED) is 0.510. The van der Waals surface area contributed by atoms with Gasteiger partial charge in [-0.2, -0.15) is 5.10 Å². The second kappa shape index (κ2) is 7.74. The molecule has 0 bridgehead atoms. The van der Waals surface area contributed by atoms with E-state index >= 15 is 0 Å². The first-order valence-electron chi connectivity index (χ1n) is 10.0. The van der Waals surface area contributed by atoms with Crippen LogP contribution in [-0.4, -0.2) is 41.2 Å². The van der Waals surface area contributed by atoms with Crippen molar-refractivity contribution in [2.45, 2.75) is 33.4 Å². The number of hydrogen-bond acceptors (Lipinski definition) is 4. The molecular formula is C23H26N6O. The number of fused-ring (bicyclic) bond motifs is 1. The summed E-state index contributed by atoms with van der Waals surface area (Å²) in [5.74, 6) is 0.815. The third kappa shape index (κ3) is 3.58. The largest absolute Gasteiger partial charge is 0.337 e. The third-order valence-electron chi connectivity index (χ3n) is 5.39. The minimum absolute atomic E-state index is 0.0177. The second-order valence-electron chi connectivity index (χ2n) is 7.91. The molecule has 0 radical (unpaired) electrons. The van der Waals surface area contributed by atoms with Crippen molar-refractivity contribution in [3.05, 3.63) is 66.0 Å². The average Bonchev–Trinajstić information content (AvgIpc) is 3.33. The molecule has 0 aliphatic rings. The van der Waals surface area contributed by atoms with E-state index in [0.717, 1.165) is 33.5 Å². The molecule has 0 saturated carbocycles. The maximum atomic E-state index is 13.8. The van der Waals surface area contributed by atoms with Gasteiger partial charge in [-0.05, 0) is 32.4 Å². The van der Waals surface area contributed by atoms with Gasteiger partial charge in [0.2, 0.25) is 0 Å². The number of rotatable bonds is 5. The van der Waals surface area contributed by atoms with Crippen molar-refractivity contribution in [3.8, 4) is 11.3 Å². The van der Waals surface area contributed by atoms with Crippen molar-refractivity contribution >= 4 is 16.8 Å². The van der Waals surface area contributed by atoms with Gasteiger partial charge in [-0.3, -0.25) is 9.48 Å². The highest BCUT2D eigenvalue weighted by molar-refractivity contribution is 6.07. The summed E-state index contributed by atoms with van der Waals surface area (Å²) in [5.41, 5.74) is 4.15. The number of imidazole rings is 1. The standard InChI is InChI=1S/C23H26N6O/c1-15(2)29(14-21-24-9-10-27(21)4)23(30)19-11-20(17-12-25-28(5)13-17)26-22-16(3)7-6-8-18(19)22/h6-13,15H,14H2,1-5H3. The number of carbonyl (C=O) groups is 1. The Morgan fingerprint density at radius 3 is 2.67 bits per heavy atom. The summed E-state index contributed by atoms with van der Waals surface area (Å²) in [6.07, 6.45) is 7.33. The van der Waals surface area contributed by atoms with Crippen LogP contribution in [0, 0.1) is 6.92 Å². The van der Waals surface area contributed by atoms with Gasteiger partial charge in [-0.15, -0.1) is 0 Å². The van der Waals surface area contributed by atoms with E-state index in [1.165, 1.54) is 0 Å². The van der Waals surface area contributed by atoms with E-state index in [2.05, 4.69) is 10.1 Å². The van der Waals surface area contributed by atoms with Gasteiger partial charge in [0, 0.05) is 49.7 Å². The van der Waals surface area contributed by atoms with Crippen LogP contribution in [0.5, 0.6) is 0 Å². The minimum atomic E-state index is -0.0314. The van der Waals surface area contributed by atoms with Crippen LogP contribution in [0.25, 0.3) is 22.2 Å². The first-order valence-corrected chi connectivity index (χ1v) is 10.0. The van der Waals surface area contributed by atoms with Gasteiger partial charge in [-0.25, -0.2) is 9.97 Å². The Morgan fingerprint density at radius 2 is 2.03 bits per heavy atom. The average molecular weight is 403 g/mol. The lowest BCUT2D eigenvalue weighted by Crippen LogP contribution is -2.37. The first kappa shape index (κ1) is 19.8. The van der Waals surface area contributed by atoms with Gasteiger partial charge in [0.25, 0.3) is 5.91 Å². The SMILES string of the molecule is Cc1cccc2c(C(=O)N(Cc3nccn3C)C(C)C)cc(-c3cnn(C)c3)nc12. The molecule has 0 N–H and O–H groups in total. The maximum absolute atomic E-state index is 13.8. The van der Waals surface area contributed by atoms with Crippen LogP contribution in [0.1, 0.15) is 35.6 Å². The van der Waals surface area contributed by atoms with Gasteiger partial charge in [0.1, 0.15) is 5.82 Å². The highest BCUT2D eigenvalue weighted by Gasteiger charge is 2.24. The highest BCUT2D eigenvalue weighted by Crippen LogP contribution is 2.28. The number of aryl methyl sites for hydroxylation is 3. The number of nitrogens with zero attached hydrogens (tertiary/aromatic N) is 6. The molecule has 30 heavy (non-hydrogen) atoms. The molecule has 154 valence electrons. The van der Waals surface area contributed by atoms with Crippen LogP contribution in [0.2, 0.25) is 0 Å². The molecule has 1 amide bonds. The number of amides is 1. The van der Waals surface area contributed by atoms with Crippen LogP contribution in [0.3, 0.4) is 0 Å². The van der Waals surface area contributed by atoms with E-state index in [9.17, 15) is 4.79 Å². The van der Waals surface area contributed by atoms with Crippen LogP contribution in [0.15, 0.2) is 49.1 Å². The van der Waals surface area contributed by atoms with E-state index in [0.29, 0.717) is 12.1 Å². The predicted molar refractivity (Wildman–Crippen MR) is 117 cm³/mol. The maximum Gasteiger partial charge on any atom is 0.255 e. The smallest absolute Gasteiger partial charge is 0.255 e. The summed E-state index contributed by atoms with van der Waals surface area (Å²) >= 11 is 0. The molecule has 0 fully saturated rings. The molecule has 0 unspecified atom stereocenters. The predicted octanol–water partition coefficient (Wildman–Crippen LogP) is 3.73. The Labute approximate surface area is 176 Å². The van der Waals surface area contributed by atoms with E-state index in [1.54, 1.807) is 17.1 Å². The summed E-state index contributed by atoms with van der Waals surface area (Å²) in [6, 6.07) is 7.86. The summed E-state index contributed by atoms with van der Waals surface area (Å²) in [7, 11) is 3.81. The third-order valence-corrected chi connectivity index (χ3v) is 5.39. The molecule has 0 spiro atoms. The highest BCUT2D eigenvalue weighted by atomic mass is 16.2. The number of carbonyl (C=O) groups excluding carboxylic acids is 1. The first-order chi connectivity index (χ1) is 14.3. The molecule has 0 aliphatic carbocycles. The molecule has 4 aromatic rings. The fourth-order valence-electron chi connectivity index (χ4n) is 3.62. The minimum Gasteiger partial charge on any atom is -0.337 e. The number of hydrogen-bond donors (Lipinski definition) is 0. The number of para-hydroxylation sites is 1. The van der Waals surface area contributed by atoms with Crippen molar-refractivity contribution in [2.75, 3.05) is 0 Å². The van der Waals surface area contributed by atoms with Gasteiger partial charge in [-0.1, -0.05) is 18.2 Å². The molecule has 1 aromatic carbocycles. The zero-order chi connectivity index (χ0) is 21.4. The molecule has 7 nitrogen and oxygen atoms in total. The summed E-state index contributed by atoms with van der Waals surface area (Å²) in [6.45, 7) is 6.51. The molecule has 7 heteroatoms. The van der Waals surface area contributed by atoms with Crippen LogP contribution in [-0.2, 0) is 20.6 Å². The van der Waals surface area contributed by atoms with E-state index < -0.39 is 0 Å². The number of pyridine rings is 1. The number of aromatic nitrogens is 5. The zero-order valence-corrected chi connectivity index (χ0v) is 18.0. The lowest BCUT2D eigenvalue weighted by molar-refractivity contribution is 0.0685. The van der Waals surface area contributed by atoms with Gasteiger partial charge < -0.3 is 9.47 Å². The fourth-order valence-corrected chi connectivity index (χ4v) is 3.62. The van der Waals surface area contributed by atoms with E-state index in [4.69, 9.17) is 4.98 Å². The van der Waals surface area contributed by atoms with Crippen LogP contribution in [0.4, 0.5) is 0 Å². The Balaban J connectivity index is 1.86. The van der Waals surface area contributed by atoms with Crippen molar-refractivity contribution in [1.82, 2.24) is 29.2 Å². The zero-order valence-electron chi connectivity index (χ0n) is 18.0. The van der Waals surface area contributed by atoms with Gasteiger partial charge >= 0.3 is 0 Å². The monoisotopic (exact) mass is 402 g/mol. The Kier molecular flexibility index (Phi) is 5.11. The molecular weight excluding hydrogens is 376 g/mol. The lowest BCUT2D eigenvalue weighted by Gasteiger charge is -2.27. The molecule has 3 heterocycles. The van der Waals surface area contributed by atoms with Crippen molar-refractivity contribution in [1.29, 1.82) is 0 Å². The van der Waals surface area contributed by atoms with Crippen molar-refractivity contribution in [3.63, 3.8) is 0 Å². The Hall–Kier alpha value is -3.48. The molecule has 0 atom stereocenters. The van der Waals surface area contributed by atoms with Crippen molar-refractivity contribution in [2.24, 2.45) is 14.1 Å². The normalized spacial score (nSPS) is 11.4. The van der Waals surface area contributed by atoms with Crippen molar-refractivity contribution < 1.29 is 4.79 Å². The second-order valence-corrected chi connectivity index (χ2v) is 7.91. The number of benzene rings is 1. The molecule has 3 aromatic heterocycles. The summed E-state index contributed by atoms with van der Waals surface area (Å²) < 4.78 is 3.68. The molecule has 0 saturated heterocycles. The lowest BCUT2D eigenvalue weighted by atomic mass is 10.0. The van der Waals surface area contributed by atoms with Crippen LogP contribution < -0.4 is 0 Å². The summed E-state index contributed by atoms with van der Waals surface area (Å²) in [4.78, 5) is 24.9. The summed E-state index contributed by atoms with van der Waals surface area (Å²) in [5, 5.41) is 5.12. The topological polar surface area (TPSA) is 68.8 Å². The van der Waals surface area contributed by atoms with Crippen LogP contribution >= 0.6 is 0 Å². The molecule has 0 aliphatic heterocycles. The van der Waals surface area contributed by atoms with E-state index in [-0.39, 0.29) is 11.9 Å². The Morgan fingerprint density at radius 1 is 1.23 bits per heavy atom. The Bertz CT molecular complexity index is 1220. The molecule has 4 rings (SSSR count). The van der Waals surface area contributed by atoms with E-state index in [1.807, 2.05) is 81.0 Å². The van der Waals surface area contributed by atoms with Gasteiger partial charge in [0.05, 0.1) is 29.5 Å². The fraction of sp³-hybridized carbons (Fsp3) is 0.304. The van der Waals surface area contributed by atoms with Gasteiger partial charge in [0.15, 0.2) is 0 Å².